The molecule has 5 heteroatoms. The molecule has 1 unspecified atom stereocenters. The number of aryl methyl sites for hydroxylation is 2. The van der Waals surface area contributed by atoms with E-state index >= 15 is 0 Å². The highest BCUT2D eigenvalue weighted by molar-refractivity contribution is 5.95. The Kier molecular flexibility index (Phi) is 4.78. The Morgan fingerprint density at radius 3 is 2.39 bits per heavy atom. The van der Waals surface area contributed by atoms with Crippen molar-refractivity contribution in [2.45, 2.75) is 33.0 Å². The summed E-state index contributed by atoms with van der Waals surface area (Å²) in [6, 6.07) is 9.92. The average molecular weight is 321 g/mol. The van der Waals surface area contributed by atoms with Crippen molar-refractivity contribution in [1.82, 2.24) is 5.32 Å². The summed E-state index contributed by atoms with van der Waals surface area (Å²) in [4.78, 5) is 12.3. The molecule has 0 aliphatic rings. The summed E-state index contributed by atoms with van der Waals surface area (Å²) in [5, 5.41) is 2.75. The second kappa shape index (κ2) is 6.44. The lowest BCUT2D eigenvalue weighted by Crippen LogP contribution is -2.27. The summed E-state index contributed by atoms with van der Waals surface area (Å²) < 4.78 is 38.3. The standard InChI is InChI=1S/C18H18F3NO/c1-11-7-8-16(12(2)9-11)17(23)22-13(3)14-5-4-6-15(10-14)18(19,20)21/h4-10,13H,1-3H3,(H,22,23). The highest BCUT2D eigenvalue weighted by atomic mass is 19.4. The fraction of sp³-hybridized carbons (Fsp3) is 0.278. The normalized spacial score (nSPS) is 12.8. The van der Waals surface area contributed by atoms with Gasteiger partial charge in [0.1, 0.15) is 0 Å². The molecule has 2 rings (SSSR count). The van der Waals surface area contributed by atoms with E-state index in [9.17, 15) is 18.0 Å². The third-order valence-electron chi connectivity index (χ3n) is 3.69. The molecule has 0 spiro atoms. The van der Waals surface area contributed by atoms with Gasteiger partial charge in [0.15, 0.2) is 0 Å². The number of hydrogen-bond acceptors (Lipinski definition) is 1. The van der Waals surface area contributed by atoms with Crippen LogP contribution in [0.1, 0.15) is 45.6 Å². The van der Waals surface area contributed by atoms with Crippen molar-refractivity contribution in [3.8, 4) is 0 Å². The first-order valence-corrected chi connectivity index (χ1v) is 7.24. The summed E-state index contributed by atoms with van der Waals surface area (Å²) in [5.41, 5.74) is 2.10. The van der Waals surface area contributed by atoms with E-state index in [2.05, 4.69) is 5.32 Å². The van der Waals surface area contributed by atoms with Crippen molar-refractivity contribution < 1.29 is 18.0 Å². The van der Waals surface area contributed by atoms with E-state index in [-0.39, 0.29) is 5.91 Å². The molecule has 0 aliphatic heterocycles. The molecule has 0 fully saturated rings. The maximum Gasteiger partial charge on any atom is 0.416 e. The zero-order chi connectivity index (χ0) is 17.2. The number of alkyl halides is 3. The summed E-state index contributed by atoms with van der Waals surface area (Å²) in [6.07, 6.45) is -4.40. The SMILES string of the molecule is Cc1ccc(C(=O)NC(C)c2cccc(C(F)(F)F)c2)c(C)c1. The Morgan fingerprint density at radius 2 is 1.78 bits per heavy atom. The monoisotopic (exact) mass is 321 g/mol. The minimum Gasteiger partial charge on any atom is -0.346 e. The fourth-order valence-electron chi connectivity index (χ4n) is 2.41. The van der Waals surface area contributed by atoms with Gasteiger partial charge in [-0.25, -0.2) is 0 Å². The van der Waals surface area contributed by atoms with Crippen LogP contribution in [0.3, 0.4) is 0 Å². The number of benzene rings is 2. The first-order chi connectivity index (χ1) is 10.7. The molecule has 2 nitrogen and oxygen atoms in total. The van der Waals surface area contributed by atoms with Gasteiger partial charge in [0.2, 0.25) is 0 Å². The van der Waals surface area contributed by atoms with Gasteiger partial charge in [-0.2, -0.15) is 13.2 Å². The topological polar surface area (TPSA) is 29.1 Å². The molecule has 0 heterocycles. The molecule has 0 radical (unpaired) electrons. The third kappa shape index (κ3) is 4.12. The third-order valence-corrected chi connectivity index (χ3v) is 3.69. The lowest BCUT2D eigenvalue weighted by atomic mass is 10.0. The smallest absolute Gasteiger partial charge is 0.346 e. The van der Waals surface area contributed by atoms with Gasteiger partial charge in [-0.05, 0) is 50.1 Å². The van der Waals surface area contributed by atoms with Gasteiger partial charge in [0.05, 0.1) is 11.6 Å². The first-order valence-electron chi connectivity index (χ1n) is 7.24. The molecule has 0 saturated carbocycles. The van der Waals surface area contributed by atoms with Crippen LogP contribution in [0, 0.1) is 13.8 Å². The molecule has 0 saturated heterocycles. The number of halogens is 3. The van der Waals surface area contributed by atoms with Crippen LogP contribution in [0.25, 0.3) is 0 Å². The van der Waals surface area contributed by atoms with E-state index in [1.807, 2.05) is 26.0 Å². The zero-order valence-corrected chi connectivity index (χ0v) is 13.2. The van der Waals surface area contributed by atoms with E-state index in [4.69, 9.17) is 0 Å². The van der Waals surface area contributed by atoms with Crippen LogP contribution in [0.4, 0.5) is 13.2 Å². The molecule has 0 aliphatic carbocycles. The molecule has 0 bridgehead atoms. The van der Waals surface area contributed by atoms with Gasteiger partial charge >= 0.3 is 6.18 Å². The van der Waals surface area contributed by atoms with Gasteiger partial charge in [0, 0.05) is 5.56 Å². The fourth-order valence-corrected chi connectivity index (χ4v) is 2.41. The molecule has 0 aromatic heterocycles. The van der Waals surface area contributed by atoms with Gasteiger partial charge < -0.3 is 5.32 Å². The van der Waals surface area contributed by atoms with Crippen molar-refractivity contribution in [2.75, 3.05) is 0 Å². The molecule has 1 N–H and O–H groups in total. The average Bonchev–Trinajstić information content (AvgIpc) is 2.46. The number of hydrogen-bond donors (Lipinski definition) is 1. The van der Waals surface area contributed by atoms with E-state index < -0.39 is 17.8 Å². The molecule has 2 aromatic carbocycles. The highest BCUT2D eigenvalue weighted by Gasteiger charge is 2.30. The van der Waals surface area contributed by atoms with Gasteiger partial charge in [-0.3, -0.25) is 4.79 Å². The Bertz CT molecular complexity index is 722. The quantitative estimate of drug-likeness (QED) is 0.863. The van der Waals surface area contributed by atoms with Crippen molar-refractivity contribution in [1.29, 1.82) is 0 Å². The molecular weight excluding hydrogens is 303 g/mol. The Hall–Kier alpha value is -2.30. The van der Waals surface area contributed by atoms with Crippen LogP contribution >= 0.6 is 0 Å². The van der Waals surface area contributed by atoms with Crippen LogP contribution < -0.4 is 5.32 Å². The zero-order valence-electron chi connectivity index (χ0n) is 13.2. The molecular formula is C18H18F3NO. The van der Waals surface area contributed by atoms with Crippen molar-refractivity contribution in [3.05, 3.63) is 70.3 Å². The molecule has 122 valence electrons. The number of carbonyl (C=O) groups is 1. The number of rotatable bonds is 3. The van der Waals surface area contributed by atoms with Gasteiger partial charge in [-0.1, -0.05) is 29.8 Å². The summed E-state index contributed by atoms with van der Waals surface area (Å²) in [7, 11) is 0. The van der Waals surface area contributed by atoms with Crippen LogP contribution in [0.2, 0.25) is 0 Å². The lowest BCUT2D eigenvalue weighted by Gasteiger charge is -2.17. The van der Waals surface area contributed by atoms with Crippen molar-refractivity contribution >= 4 is 5.91 Å². The second-order valence-electron chi connectivity index (χ2n) is 5.64. The minimum atomic E-state index is -4.40. The molecule has 23 heavy (non-hydrogen) atoms. The first kappa shape index (κ1) is 17.1. The van der Waals surface area contributed by atoms with Crippen LogP contribution in [0.15, 0.2) is 42.5 Å². The maximum atomic E-state index is 12.8. The van der Waals surface area contributed by atoms with E-state index in [1.54, 1.807) is 19.1 Å². The predicted octanol–water partition coefficient (Wildman–Crippen LogP) is 4.81. The Morgan fingerprint density at radius 1 is 1.09 bits per heavy atom. The maximum absolute atomic E-state index is 12.8. The second-order valence-corrected chi connectivity index (χ2v) is 5.64. The number of nitrogens with one attached hydrogen (secondary N) is 1. The van der Waals surface area contributed by atoms with Crippen molar-refractivity contribution in [2.24, 2.45) is 0 Å². The van der Waals surface area contributed by atoms with E-state index in [0.717, 1.165) is 23.3 Å². The number of amides is 1. The molecule has 1 atom stereocenters. The minimum absolute atomic E-state index is 0.299. The van der Waals surface area contributed by atoms with Gasteiger partial charge in [-0.15, -0.1) is 0 Å². The van der Waals surface area contributed by atoms with E-state index in [0.29, 0.717) is 11.1 Å². The summed E-state index contributed by atoms with van der Waals surface area (Å²) in [5.74, 6) is -0.299. The van der Waals surface area contributed by atoms with Crippen molar-refractivity contribution in [3.63, 3.8) is 0 Å². The molecule has 1 amide bonds. The van der Waals surface area contributed by atoms with Crippen LogP contribution in [-0.2, 0) is 6.18 Å². The summed E-state index contributed by atoms with van der Waals surface area (Å²) >= 11 is 0. The Balaban J connectivity index is 2.18. The lowest BCUT2D eigenvalue weighted by molar-refractivity contribution is -0.137. The predicted molar refractivity (Wildman–Crippen MR) is 83.2 cm³/mol. The van der Waals surface area contributed by atoms with Gasteiger partial charge in [0.25, 0.3) is 5.91 Å². The summed E-state index contributed by atoms with van der Waals surface area (Å²) in [6.45, 7) is 5.42. The Labute approximate surface area is 133 Å². The van der Waals surface area contributed by atoms with Crippen LogP contribution in [-0.4, -0.2) is 5.91 Å². The molecule has 2 aromatic rings. The van der Waals surface area contributed by atoms with Crippen LogP contribution in [0.5, 0.6) is 0 Å². The largest absolute Gasteiger partial charge is 0.416 e. The highest BCUT2D eigenvalue weighted by Crippen LogP contribution is 2.30. The number of carbonyl (C=O) groups excluding carboxylic acids is 1. The van der Waals surface area contributed by atoms with E-state index in [1.165, 1.54) is 6.07 Å².